The fraction of sp³-hybridized carbons (Fsp3) is 0.429. The summed E-state index contributed by atoms with van der Waals surface area (Å²) in [5, 5.41) is 19.9. The van der Waals surface area contributed by atoms with E-state index in [0.29, 0.717) is 13.0 Å². The number of rotatable bonds is 9. The van der Waals surface area contributed by atoms with Crippen LogP contribution in [0.15, 0.2) is 18.2 Å². The average molecular weight is 345 g/mol. The van der Waals surface area contributed by atoms with Crippen molar-refractivity contribution in [3.8, 4) is 5.75 Å². The van der Waals surface area contributed by atoms with Crippen LogP contribution < -0.4 is 4.74 Å². The Kier molecular flexibility index (Phi) is 7.27. The second-order valence-corrected chi connectivity index (χ2v) is 5.11. The van der Waals surface area contributed by atoms with Gasteiger partial charge in [-0.2, -0.15) is 0 Å². The molecule has 0 saturated heterocycles. The Morgan fingerprint density at radius 3 is 2.70 bits per heavy atom. The van der Waals surface area contributed by atoms with Crippen LogP contribution in [0.3, 0.4) is 0 Å². The maximum atomic E-state index is 12.0. The highest BCUT2D eigenvalue weighted by atomic mass is 35.5. The zero-order chi connectivity index (χ0) is 17.4. The number of carbonyl (C=O) groups excluding carboxylic acids is 1. The number of carboxylic acids is 1. The molecule has 0 atom stereocenters. The van der Waals surface area contributed by atoms with Gasteiger partial charge in [-0.3, -0.25) is 19.7 Å². The van der Waals surface area contributed by atoms with Crippen molar-refractivity contribution >= 4 is 29.2 Å². The molecule has 1 N–H and O–H groups in total. The molecule has 0 spiro atoms. The lowest BCUT2D eigenvalue weighted by Crippen LogP contribution is -2.36. The van der Waals surface area contributed by atoms with Crippen LogP contribution in [0.25, 0.3) is 0 Å². The highest BCUT2D eigenvalue weighted by Gasteiger charge is 2.18. The fourth-order valence-electron chi connectivity index (χ4n) is 1.89. The van der Waals surface area contributed by atoms with Crippen LogP contribution in [0, 0.1) is 10.1 Å². The van der Waals surface area contributed by atoms with E-state index in [2.05, 4.69) is 0 Å². The van der Waals surface area contributed by atoms with Crippen molar-refractivity contribution < 1.29 is 24.4 Å². The fourth-order valence-corrected chi connectivity index (χ4v) is 2.05. The van der Waals surface area contributed by atoms with E-state index in [0.717, 1.165) is 6.07 Å². The van der Waals surface area contributed by atoms with E-state index >= 15 is 0 Å². The van der Waals surface area contributed by atoms with Crippen molar-refractivity contribution in [1.82, 2.24) is 4.90 Å². The number of hydrogen-bond donors (Lipinski definition) is 1. The van der Waals surface area contributed by atoms with Crippen LogP contribution in [-0.4, -0.2) is 46.5 Å². The second kappa shape index (κ2) is 8.94. The highest BCUT2D eigenvalue weighted by molar-refractivity contribution is 6.30. The lowest BCUT2D eigenvalue weighted by molar-refractivity contribution is -0.385. The van der Waals surface area contributed by atoms with Gasteiger partial charge in [0.05, 0.1) is 18.0 Å². The van der Waals surface area contributed by atoms with Gasteiger partial charge in [-0.05, 0) is 18.6 Å². The number of nitro groups is 1. The average Bonchev–Trinajstić information content (AvgIpc) is 2.47. The molecule has 1 rings (SSSR count). The predicted molar refractivity (Wildman–Crippen MR) is 82.7 cm³/mol. The number of carbonyl (C=O) groups is 2. The van der Waals surface area contributed by atoms with Gasteiger partial charge in [0.15, 0.2) is 5.75 Å². The summed E-state index contributed by atoms with van der Waals surface area (Å²) in [7, 11) is 0. The Morgan fingerprint density at radius 1 is 1.43 bits per heavy atom. The monoisotopic (exact) mass is 344 g/mol. The number of ether oxygens (including phenoxy) is 1. The van der Waals surface area contributed by atoms with Gasteiger partial charge in [0.1, 0.15) is 6.54 Å². The Morgan fingerprint density at radius 2 is 2.13 bits per heavy atom. The molecular formula is C14H17ClN2O6. The van der Waals surface area contributed by atoms with E-state index in [1.165, 1.54) is 17.0 Å². The van der Waals surface area contributed by atoms with E-state index in [1.807, 2.05) is 6.92 Å². The molecule has 1 aromatic rings. The summed E-state index contributed by atoms with van der Waals surface area (Å²) in [6.07, 6.45) is 0.551. The van der Waals surface area contributed by atoms with Crippen molar-refractivity contribution in [3.05, 3.63) is 33.3 Å². The predicted octanol–water partition coefficient (Wildman–Crippen LogP) is 2.34. The van der Waals surface area contributed by atoms with Gasteiger partial charge < -0.3 is 14.7 Å². The number of nitro benzene ring substituents is 1. The summed E-state index contributed by atoms with van der Waals surface area (Å²) in [6, 6.07) is 3.96. The highest BCUT2D eigenvalue weighted by Crippen LogP contribution is 2.29. The summed E-state index contributed by atoms with van der Waals surface area (Å²) in [5.41, 5.74) is -0.291. The first-order valence-electron chi connectivity index (χ1n) is 6.91. The molecule has 0 aliphatic heterocycles. The van der Waals surface area contributed by atoms with Gasteiger partial charge >= 0.3 is 11.7 Å². The number of benzene rings is 1. The van der Waals surface area contributed by atoms with Gasteiger partial charge in [-0.25, -0.2) is 0 Å². The van der Waals surface area contributed by atoms with E-state index < -0.39 is 10.9 Å². The van der Waals surface area contributed by atoms with Crippen LogP contribution in [0.5, 0.6) is 5.75 Å². The molecule has 0 fully saturated rings. The minimum absolute atomic E-state index is 0.00692. The molecule has 23 heavy (non-hydrogen) atoms. The molecule has 126 valence electrons. The second-order valence-electron chi connectivity index (χ2n) is 4.68. The van der Waals surface area contributed by atoms with E-state index in [-0.39, 0.29) is 41.9 Å². The third-order valence-corrected chi connectivity index (χ3v) is 3.10. The Labute approximate surface area is 137 Å². The van der Waals surface area contributed by atoms with Crippen LogP contribution in [-0.2, 0) is 9.59 Å². The number of halogens is 1. The van der Waals surface area contributed by atoms with Crippen LogP contribution in [0.4, 0.5) is 5.69 Å². The van der Waals surface area contributed by atoms with Gasteiger partial charge in [-0.1, -0.05) is 18.5 Å². The standard InChI is InChI=1S/C14H17ClN2O6/c1-2-6-16(9-14(19)20)13(18)5-7-23-12-4-3-10(15)8-11(12)17(21)22/h3-4,8H,2,5-7,9H2,1H3,(H,19,20). The van der Waals surface area contributed by atoms with Crippen molar-refractivity contribution in [3.63, 3.8) is 0 Å². The van der Waals surface area contributed by atoms with E-state index in [1.54, 1.807) is 0 Å². The molecule has 0 unspecified atom stereocenters. The summed E-state index contributed by atoms with van der Waals surface area (Å²) >= 11 is 5.69. The van der Waals surface area contributed by atoms with Gasteiger partial charge in [-0.15, -0.1) is 0 Å². The van der Waals surface area contributed by atoms with Crippen LogP contribution in [0.1, 0.15) is 19.8 Å². The largest absolute Gasteiger partial charge is 0.486 e. The zero-order valence-corrected chi connectivity index (χ0v) is 13.3. The molecule has 8 nitrogen and oxygen atoms in total. The number of nitrogens with zero attached hydrogens (tertiary/aromatic N) is 2. The minimum atomic E-state index is -1.10. The summed E-state index contributed by atoms with van der Waals surface area (Å²) in [4.78, 5) is 34.2. The molecule has 0 aliphatic carbocycles. The van der Waals surface area contributed by atoms with E-state index in [4.69, 9.17) is 21.4 Å². The quantitative estimate of drug-likeness (QED) is 0.543. The maximum absolute atomic E-state index is 12.0. The van der Waals surface area contributed by atoms with Gasteiger partial charge in [0.2, 0.25) is 5.91 Å². The molecular weight excluding hydrogens is 328 g/mol. The number of aliphatic carboxylic acids is 1. The summed E-state index contributed by atoms with van der Waals surface area (Å²) in [5.74, 6) is -1.47. The van der Waals surface area contributed by atoms with Crippen molar-refractivity contribution in [2.45, 2.75) is 19.8 Å². The zero-order valence-electron chi connectivity index (χ0n) is 12.5. The first-order valence-corrected chi connectivity index (χ1v) is 7.29. The topological polar surface area (TPSA) is 110 Å². The number of amides is 1. The Balaban J connectivity index is 2.63. The van der Waals surface area contributed by atoms with Crippen molar-refractivity contribution in [2.75, 3.05) is 19.7 Å². The molecule has 0 heterocycles. The number of hydrogen-bond acceptors (Lipinski definition) is 5. The molecule has 0 aliphatic rings. The maximum Gasteiger partial charge on any atom is 0.323 e. The lowest BCUT2D eigenvalue weighted by atomic mass is 10.3. The molecule has 0 aromatic heterocycles. The lowest BCUT2D eigenvalue weighted by Gasteiger charge is -2.19. The third-order valence-electron chi connectivity index (χ3n) is 2.86. The molecule has 0 saturated carbocycles. The molecule has 1 aromatic carbocycles. The van der Waals surface area contributed by atoms with Crippen LogP contribution in [0.2, 0.25) is 5.02 Å². The molecule has 9 heteroatoms. The Hall–Kier alpha value is -2.35. The number of carboxylic acid groups (broad SMARTS) is 1. The molecule has 0 bridgehead atoms. The Bertz CT molecular complexity index is 593. The normalized spacial score (nSPS) is 10.2. The van der Waals surface area contributed by atoms with E-state index in [9.17, 15) is 19.7 Å². The smallest absolute Gasteiger partial charge is 0.323 e. The first-order chi connectivity index (χ1) is 10.8. The summed E-state index contributed by atoms with van der Waals surface area (Å²) in [6.45, 7) is 1.68. The third kappa shape index (κ3) is 6.11. The van der Waals surface area contributed by atoms with Crippen molar-refractivity contribution in [1.29, 1.82) is 0 Å². The van der Waals surface area contributed by atoms with Crippen molar-refractivity contribution in [2.24, 2.45) is 0 Å². The summed E-state index contributed by atoms with van der Waals surface area (Å²) < 4.78 is 5.26. The first kappa shape index (κ1) is 18.7. The molecule has 0 radical (unpaired) electrons. The molecule has 1 amide bonds. The minimum Gasteiger partial charge on any atom is -0.486 e. The van der Waals surface area contributed by atoms with Gasteiger partial charge in [0.25, 0.3) is 0 Å². The van der Waals surface area contributed by atoms with Crippen LogP contribution >= 0.6 is 11.6 Å². The SMILES string of the molecule is CCCN(CC(=O)O)C(=O)CCOc1ccc(Cl)cc1[N+](=O)[O-]. The van der Waals surface area contributed by atoms with Gasteiger partial charge in [0, 0.05) is 17.6 Å².